The Kier molecular flexibility index (Phi) is 8.72. The van der Waals surface area contributed by atoms with Crippen LogP contribution in [0.15, 0.2) is 30.3 Å². The maximum atomic E-state index is 14.9. The van der Waals surface area contributed by atoms with Crippen LogP contribution in [-0.4, -0.2) is 0 Å². The van der Waals surface area contributed by atoms with Crippen LogP contribution < -0.4 is 0 Å². The highest BCUT2D eigenvalue weighted by Crippen LogP contribution is 2.41. The molecule has 0 heterocycles. The molecule has 0 aliphatic heterocycles. The maximum absolute atomic E-state index is 14.9. The predicted molar refractivity (Wildman–Crippen MR) is 131 cm³/mol. The molecule has 0 aromatic heterocycles. The van der Waals surface area contributed by atoms with Gasteiger partial charge in [0.15, 0.2) is 0 Å². The summed E-state index contributed by atoms with van der Waals surface area (Å²) >= 11 is 0. The molecule has 36 heavy (non-hydrogen) atoms. The monoisotopic (exact) mass is 510 g/mol. The Hall–Kier alpha value is -1.98. The highest BCUT2D eigenvalue weighted by molar-refractivity contribution is 5.65. The Morgan fingerprint density at radius 2 is 1.17 bits per heavy atom. The van der Waals surface area contributed by atoms with Gasteiger partial charge >= 0.3 is 6.18 Å². The molecule has 0 unspecified atom stereocenters. The van der Waals surface area contributed by atoms with Crippen LogP contribution >= 0.6 is 0 Å². The molecule has 0 spiro atoms. The van der Waals surface area contributed by atoms with Gasteiger partial charge in [0.2, 0.25) is 0 Å². The molecule has 2 aromatic carbocycles. The van der Waals surface area contributed by atoms with E-state index < -0.39 is 29.2 Å². The summed E-state index contributed by atoms with van der Waals surface area (Å²) in [6.07, 6.45) is 9.82. The second-order valence-electron chi connectivity index (χ2n) is 11.0. The lowest BCUT2D eigenvalue weighted by Gasteiger charge is -2.32. The Balaban J connectivity index is 1.32. The number of benzene rings is 2. The van der Waals surface area contributed by atoms with Gasteiger partial charge < -0.3 is 0 Å². The molecule has 2 aromatic rings. The molecule has 0 atom stereocenters. The quantitative estimate of drug-likeness (QED) is 0.325. The first-order valence-corrected chi connectivity index (χ1v) is 13.5. The normalized spacial score (nSPS) is 25.2. The lowest BCUT2D eigenvalue weighted by molar-refractivity contribution is -0.142. The van der Waals surface area contributed by atoms with Crippen LogP contribution in [0.2, 0.25) is 0 Å². The standard InChI is InChI=1S/C30H36F6/c1-2-3-19-4-6-20(7-5-19)8-9-21-10-12-22(13-11-21)23-14-15-25(26(31)16-23)24-17-27(32)29(28(33)18-24)30(34,35)36/h14-22H,2-13H2,1H3. The van der Waals surface area contributed by atoms with Crippen molar-refractivity contribution in [3.8, 4) is 11.1 Å². The lowest BCUT2D eigenvalue weighted by Crippen LogP contribution is -2.17. The van der Waals surface area contributed by atoms with E-state index >= 15 is 0 Å². The van der Waals surface area contributed by atoms with E-state index in [1.807, 2.05) is 0 Å². The zero-order chi connectivity index (χ0) is 25.9. The summed E-state index contributed by atoms with van der Waals surface area (Å²) < 4.78 is 81.4. The molecule has 0 nitrogen and oxygen atoms in total. The van der Waals surface area contributed by atoms with Crippen LogP contribution in [0.4, 0.5) is 26.3 Å². The number of halogens is 6. The van der Waals surface area contributed by atoms with Crippen molar-refractivity contribution in [1.29, 1.82) is 0 Å². The van der Waals surface area contributed by atoms with Gasteiger partial charge in [0.25, 0.3) is 0 Å². The highest BCUT2D eigenvalue weighted by atomic mass is 19.4. The van der Waals surface area contributed by atoms with Crippen molar-refractivity contribution in [2.24, 2.45) is 17.8 Å². The van der Waals surface area contributed by atoms with Crippen molar-refractivity contribution in [1.82, 2.24) is 0 Å². The average molecular weight is 511 g/mol. The predicted octanol–water partition coefficient (Wildman–Crippen LogP) is 10.5. The number of alkyl halides is 3. The minimum absolute atomic E-state index is 0.104. The average Bonchev–Trinajstić information content (AvgIpc) is 2.83. The van der Waals surface area contributed by atoms with Gasteiger partial charge in [0.1, 0.15) is 23.0 Å². The van der Waals surface area contributed by atoms with Crippen LogP contribution in [0.3, 0.4) is 0 Å². The Morgan fingerprint density at radius 1 is 0.667 bits per heavy atom. The van der Waals surface area contributed by atoms with Gasteiger partial charge in [-0.25, -0.2) is 13.2 Å². The first kappa shape index (κ1) is 27.1. The molecular weight excluding hydrogens is 474 g/mol. The van der Waals surface area contributed by atoms with Crippen LogP contribution in [0, 0.1) is 35.2 Å². The molecule has 2 aliphatic rings. The van der Waals surface area contributed by atoms with Crippen molar-refractivity contribution in [3.63, 3.8) is 0 Å². The molecule has 0 radical (unpaired) electrons. The van der Waals surface area contributed by atoms with E-state index in [4.69, 9.17) is 0 Å². The second-order valence-corrected chi connectivity index (χ2v) is 11.0. The SMILES string of the molecule is CCCC1CCC(CCC2CCC(c3ccc(-c4cc(F)c(C(F)(F)F)c(F)c4)c(F)c3)CC2)CC1. The van der Waals surface area contributed by atoms with Crippen LogP contribution in [0.5, 0.6) is 0 Å². The number of hydrogen-bond acceptors (Lipinski definition) is 0. The summed E-state index contributed by atoms with van der Waals surface area (Å²) in [6, 6.07) is 5.64. The lowest BCUT2D eigenvalue weighted by atomic mass is 9.74. The number of rotatable bonds is 7. The summed E-state index contributed by atoms with van der Waals surface area (Å²) in [5.41, 5.74) is -1.46. The van der Waals surface area contributed by atoms with E-state index in [1.165, 1.54) is 63.5 Å². The zero-order valence-electron chi connectivity index (χ0n) is 20.9. The van der Waals surface area contributed by atoms with Crippen LogP contribution in [0.25, 0.3) is 11.1 Å². The maximum Gasteiger partial charge on any atom is 0.422 e. The smallest absolute Gasteiger partial charge is 0.206 e. The molecule has 2 aliphatic carbocycles. The first-order valence-electron chi connectivity index (χ1n) is 13.5. The van der Waals surface area contributed by atoms with Crippen molar-refractivity contribution < 1.29 is 26.3 Å². The topological polar surface area (TPSA) is 0 Å². The molecule has 0 amide bonds. The van der Waals surface area contributed by atoms with Crippen LogP contribution in [0.1, 0.15) is 101 Å². The largest absolute Gasteiger partial charge is 0.422 e. The summed E-state index contributed by atoms with van der Waals surface area (Å²) in [6.45, 7) is 2.27. The summed E-state index contributed by atoms with van der Waals surface area (Å²) in [4.78, 5) is 0. The minimum Gasteiger partial charge on any atom is -0.206 e. The summed E-state index contributed by atoms with van der Waals surface area (Å²) in [7, 11) is 0. The third kappa shape index (κ3) is 6.47. The van der Waals surface area contributed by atoms with Gasteiger partial charge in [-0.2, -0.15) is 13.2 Å². The van der Waals surface area contributed by atoms with Crippen molar-refractivity contribution >= 4 is 0 Å². The molecule has 198 valence electrons. The minimum atomic E-state index is -5.15. The van der Waals surface area contributed by atoms with Gasteiger partial charge in [-0.1, -0.05) is 70.4 Å². The van der Waals surface area contributed by atoms with Gasteiger partial charge in [0.05, 0.1) is 0 Å². The van der Waals surface area contributed by atoms with E-state index in [-0.39, 0.29) is 17.0 Å². The number of hydrogen-bond donors (Lipinski definition) is 0. The third-order valence-electron chi connectivity index (χ3n) is 8.59. The van der Waals surface area contributed by atoms with Gasteiger partial charge in [-0.05, 0) is 78.7 Å². The molecule has 2 saturated carbocycles. The molecule has 2 fully saturated rings. The second kappa shape index (κ2) is 11.6. The van der Waals surface area contributed by atoms with Crippen molar-refractivity contribution in [2.45, 2.75) is 96.1 Å². The Bertz CT molecular complexity index is 988. The Morgan fingerprint density at radius 3 is 1.64 bits per heavy atom. The fraction of sp³-hybridized carbons (Fsp3) is 0.600. The molecule has 4 rings (SSSR count). The molecule has 0 bridgehead atoms. The van der Waals surface area contributed by atoms with E-state index in [1.54, 1.807) is 6.07 Å². The van der Waals surface area contributed by atoms with Gasteiger partial charge in [-0.3, -0.25) is 0 Å². The molecule has 0 saturated heterocycles. The molecule has 6 heteroatoms. The fourth-order valence-electron chi connectivity index (χ4n) is 6.49. The summed E-state index contributed by atoms with van der Waals surface area (Å²) in [5.74, 6) is -1.40. The van der Waals surface area contributed by atoms with Gasteiger partial charge in [0, 0.05) is 5.56 Å². The molecular formula is C30H36F6. The third-order valence-corrected chi connectivity index (χ3v) is 8.59. The van der Waals surface area contributed by atoms with E-state index in [0.29, 0.717) is 12.1 Å². The fourth-order valence-corrected chi connectivity index (χ4v) is 6.49. The highest BCUT2D eigenvalue weighted by Gasteiger charge is 2.38. The van der Waals surface area contributed by atoms with E-state index in [2.05, 4.69) is 6.92 Å². The van der Waals surface area contributed by atoms with E-state index in [0.717, 1.165) is 49.0 Å². The first-order chi connectivity index (χ1) is 17.2. The van der Waals surface area contributed by atoms with E-state index in [9.17, 15) is 26.3 Å². The van der Waals surface area contributed by atoms with Gasteiger partial charge in [-0.15, -0.1) is 0 Å². The van der Waals surface area contributed by atoms with Crippen molar-refractivity contribution in [2.75, 3.05) is 0 Å². The van der Waals surface area contributed by atoms with Crippen LogP contribution in [-0.2, 0) is 6.18 Å². The Labute approximate surface area is 210 Å². The molecule has 0 N–H and O–H groups in total. The zero-order valence-corrected chi connectivity index (χ0v) is 20.9. The van der Waals surface area contributed by atoms with Crippen molar-refractivity contribution in [3.05, 3.63) is 58.9 Å². The summed E-state index contributed by atoms with van der Waals surface area (Å²) in [5, 5.41) is 0.